The first-order chi connectivity index (χ1) is 9.81. The molecule has 0 radical (unpaired) electrons. The highest BCUT2D eigenvalue weighted by Gasteiger charge is 2.21. The van der Waals surface area contributed by atoms with Crippen LogP contribution in [0.2, 0.25) is 0 Å². The average Bonchev–Trinajstić information content (AvgIpc) is 2.31. The third-order valence-electron chi connectivity index (χ3n) is 2.99. The summed E-state index contributed by atoms with van der Waals surface area (Å²) in [6.45, 7) is 5.96. The maximum atomic E-state index is 11.2. The van der Waals surface area contributed by atoms with Crippen LogP contribution in [0.5, 0.6) is 0 Å². The molecule has 0 atom stereocenters. The Morgan fingerprint density at radius 3 is 2.14 bits per heavy atom. The van der Waals surface area contributed by atoms with Crippen LogP contribution in [0.1, 0.15) is 32.8 Å². The quantitative estimate of drug-likeness (QED) is 0.529. The van der Waals surface area contributed by atoms with Gasteiger partial charge in [-0.3, -0.25) is 9.11 Å². The minimum Gasteiger partial charge on any atom is -0.385 e. The third-order valence-corrected chi connectivity index (χ3v) is 4.65. The highest BCUT2D eigenvalue weighted by molar-refractivity contribution is 7.86. The standard InChI is InChI=1S/C13H21NO6S2/c1-13(2,3)11-9-10(22(18,19)20)5-6-12(11)14-7-4-8-21(15,16)17/h5-6,9,14H,4,7-8H2,1-3H3,(H,15,16,17)(H,18,19,20). The molecular formula is C13H21NO6S2. The molecule has 0 aliphatic carbocycles. The maximum absolute atomic E-state index is 11.2. The normalized spacial score (nSPS) is 13.1. The molecule has 3 N–H and O–H groups in total. The second-order valence-electron chi connectivity index (χ2n) is 6.00. The van der Waals surface area contributed by atoms with Gasteiger partial charge in [-0.15, -0.1) is 0 Å². The Hall–Kier alpha value is -1.16. The minimum absolute atomic E-state index is 0.194. The molecule has 126 valence electrons. The lowest BCUT2D eigenvalue weighted by atomic mass is 9.86. The molecule has 0 saturated carbocycles. The fourth-order valence-electron chi connectivity index (χ4n) is 1.94. The van der Waals surface area contributed by atoms with Gasteiger partial charge in [-0.05, 0) is 35.6 Å². The second kappa shape index (κ2) is 6.53. The van der Waals surface area contributed by atoms with Crippen LogP contribution in [0, 0.1) is 0 Å². The summed E-state index contributed by atoms with van der Waals surface area (Å²) in [6, 6.07) is 4.19. The van der Waals surface area contributed by atoms with Crippen molar-refractivity contribution in [3.8, 4) is 0 Å². The lowest BCUT2D eigenvalue weighted by Gasteiger charge is -2.24. The first-order valence-electron chi connectivity index (χ1n) is 6.62. The molecule has 0 unspecified atom stereocenters. The van der Waals surface area contributed by atoms with E-state index < -0.39 is 20.2 Å². The molecule has 7 nitrogen and oxygen atoms in total. The van der Waals surface area contributed by atoms with Crippen LogP contribution in [0.25, 0.3) is 0 Å². The van der Waals surface area contributed by atoms with Crippen LogP contribution >= 0.6 is 0 Å². The van der Waals surface area contributed by atoms with E-state index in [1.807, 2.05) is 20.8 Å². The van der Waals surface area contributed by atoms with E-state index in [1.54, 1.807) is 0 Å². The summed E-state index contributed by atoms with van der Waals surface area (Å²) in [7, 11) is -8.28. The van der Waals surface area contributed by atoms with Crippen LogP contribution in [0.3, 0.4) is 0 Å². The number of hydrogen-bond acceptors (Lipinski definition) is 5. The SMILES string of the molecule is CC(C)(C)c1cc(S(=O)(=O)O)ccc1NCCCS(=O)(=O)O. The summed E-state index contributed by atoms with van der Waals surface area (Å²) >= 11 is 0. The monoisotopic (exact) mass is 351 g/mol. The molecule has 1 aromatic carbocycles. The number of hydrogen-bond donors (Lipinski definition) is 3. The Kier molecular flexibility index (Phi) is 5.61. The molecule has 9 heteroatoms. The highest BCUT2D eigenvalue weighted by Crippen LogP contribution is 2.31. The molecule has 1 aromatic rings. The molecule has 0 fully saturated rings. The van der Waals surface area contributed by atoms with E-state index in [0.717, 1.165) is 0 Å². The van der Waals surface area contributed by atoms with Crippen LogP contribution < -0.4 is 5.32 Å². The van der Waals surface area contributed by atoms with Gasteiger partial charge in [0.2, 0.25) is 0 Å². The molecule has 0 aromatic heterocycles. The van der Waals surface area contributed by atoms with Crippen molar-refractivity contribution < 1.29 is 25.9 Å². The van der Waals surface area contributed by atoms with E-state index in [2.05, 4.69) is 5.32 Å². The Morgan fingerprint density at radius 1 is 1.09 bits per heavy atom. The Bertz CT molecular complexity index is 732. The van der Waals surface area contributed by atoms with E-state index in [9.17, 15) is 16.8 Å². The van der Waals surface area contributed by atoms with E-state index in [-0.39, 0.29) is 22.5 Å². The summed E-state index contributed by atoms with van der Waals surface area (Å²) in [5.41, 5.74) is 0.941. The van der Waals surface area contributed by atoms with Gasteiger partial charge >= 0.3 is 0 Å². The Balaban J connectivity index is 3.00. The van der Waals surface area contributed by atoms with Gasteiger partial charge in [-0.25, -0.2) is 0 Å². The zero-order valence-corrected chi connectivity index (χ0v) is 14.3. The summed E-state index contributed by atoms with van der Waals surface area (Å²) < 4.78 is 61.6. The van der Waals surface area contributed by atoms with Crippen LogP contribution in [0.4, 0.5) is 5.69 Å². The molecule has 0 spiro atoms. The van der Waals surface area contributed by atoms with Crippen LogP contribution in [0.15, 0.2) is 23.1 Å². The molecular weight excluding hydrogens is 330 g/mol. The topological polar surface area (TPSA) is 121 Å². The predicted molar refractivity (Wildman–Crippen MR) is 84.5 cm³/mol. The first kappa shape index (κ1) is 18.9. The molecule has 0 aliphatic rings. The van der Waals surface area contributed by atoms with Crippen molar-refractivity contribution in [2.45, 2.75) is 37.5 Å². The smallest absolute Gasteiger partial charge is 0.294 e. The van der Waals surface area contributed by atoms with Gasteiger partial charge in [-0.1, -0.05) is 20.8 Å². The van der Waals surface area contributed by atoms with Crippen LogP contribution in [-0.2, 0) is 25.7 Å². The fraction of sp³-hybridized carbons (Fsp3) is 0.538. The molecule has 1 rings (SSSR count). The molecule has 0 heterocycles. The van der Waals surface area contributed by atoms with Crippen LogP contribution in [-0.4, -0.2) is 38.2 Å². The summed E-state index contributed by atoms with van der Waals surface area (Å²) in [6.07, 6.45) is 0.211. The Labute approximate surface area is 131 Å². The summed E-state index contributed by atoms with van der Waals surface area (Å²) in [4.78, 5) is -0.194. The fourth-order valence-corrected chi connectivity index (χ4v) is 2.95. The van der Waals surface area contributed by atoms with Gasteiger partial charge < -0.3 is 5.32 Å². The van der Waals surface area contributed by atoms with E-state index >= 15 is 0 Å². The van der Waals surface area contributed by atoms with Gasteiger partial charge in [0.1, 0.15) is 0 Å². The summed E-state index contributed by atoms with van der Waals surface area (Å²) in [5.74, 6) is -0.353. The number of anilines is 1. The first-order valence-corrected chi connectivity index (χ1v) is 9.67. The largest absolute Gasteiger partial charge is 0.385 e. The molecule has 0 aliphatic heterocycles. The third kappa shape index (κ3) is 5.91. The second-order valence-corrected chi connectivity index (χ2v) is 8.99. The van der Waals surface area contributed by atoms with Gasteiger partial charge in [0.05, 0.1) is 10.6 Å². The summed E-state index contributed by atoms with van der Waals surface area (Å²) in [5, 5.41) is 3.02. The van der Waals surface area contributed by atoms with E-state index in [0.29, 0.717) is 17.8 Å². The molecule has 22 heavy (non-hydrogen) atoms. The van der Waals surface area contributed by atoms with Gasteiger partial charge in [-0.2, -0.15) is 16.8 Å². The minimum atomic E-state index is -4.29. The van der Waals surface area contributed by atoms with Crippen molar-refractivity contribution in [2.24, 2.45) is 0 Å². The van der Waals surface area contributed by atoms with Gasteiger partial charge in [0.15, 0.2) is 0 Å². The number of benzene rings is 1. The van der Waals surface area contributed by atoms with Crippen molar-refractivity contribution in [3.63, 3.8) is 0 Å². The predicted octanol–water partition coefficient (Wildman–Crippen LogP) is 1.92. The van der Waals surface area contributed by atoms with Gasteiger partial charge in [0, 0.05) is 12.2 Å². The Morgan fingerprint density at radius 2 is 1.68 bits per heavy atom. The number of rotatable bonds is 6. The van der Waals surface area contributed by atoms with Crippen molar-refractivity contribution in [1.29, 1.82) is 0 Å². The zero-order chi connectivity index (χ0) is 17.2. The zero-order valence-electron chi connectivity index (χ0n) is 12.7. The van der Waals surface area contributed by atoms with Crippen molar-refractivity contribution in [2.75, 3.05) is 17.6 Å². The molecule has 0 saturated heterocycles. The maximum Gasteiger partial charge on any atom is 0.294 e. The lowest BCUT2D eigenvalue weighted by Crippen LogP contribution is -2.17. The van der Waals surface area contributed by atoms with E-state index in [4.69, 9.17) is 9.11 Å². The molecule has 0 amide bonds. The van der Waals surface area contributed by atoms with Crippen molar-refractivity contribution in [1.82, 2.24) is 0 Å². The van der Waals surface area contributed by atoms with E-state index in [1.165, 1.54) is 18.2 Å². The van der Waals surface area contributed by atoms with Crippen molar-refractivity contribution in [3.05, 3.63) is 23.8 Å². The highest BCUT2D eigenvalue weighted by atomic mass is 32.2. The number of nitrogens with one attached hydrogen (secondary N) is 1. The molecule has 0 bridgehead atoms. The lowest BCUT2D eigenvalue weighted by molar-refractivity contribution is 0.479. The van der Waals surface area contributed by atoms with Gasteiger partial charge in [0.25, 0.3) is 20.2 Å². The van der Waals surface area contributed by atoms with Crippen molar-refractivity contribution >= 4 is 25.9 Å². The average molecular weight is 351 g/mol.